The van der Waals surface area contributed by atoms with Gasteiger partial charge in [0.2, 0.25) is 0 Å². The SMILES string of the molecule is COc1cccc(C=CC(=O)C2CCCCC2)c1. The molecule has 2 nitrogen and oxygen atoms in total. The Morgan fingerprint density at radius 2 is 2.06 bits per heavy atom. The zero-order valence-corrected chi connectivity index (χ0v) is 10.9. The van der Waals surface area contributed by atoms with Crippen LogP contribution in [0.3, 0.4) is 0 Å². The zero-order valence-electron chi connectivity index (χ0n) is 10.9. The zero-order chi connectivity index (χ0) is 12.8. The Bertz CT molecular complexity index is 428. The number of carbonyl (C=O) groups is 1. The normalized spacial score (nSPS) is 16.9. The maximum atomic E-state index is 12.0. The fourth-order valence-corrected chi connectivity index (χ4v) is 2.45. The van der Waals surface area contributed by atoms with Gasteiger partial charge in [0, 0.05) is 5.92 Å². The van der Waals surface area contributed by atoms with Crippen molar-refractivity contribution in [3.05, 3.63) is 35.9 Å². The van der Waals surface area contributed by atoms with E-state index in [0.29, 0.717) is 0 Å². The Balaban J connectivity index is 1.98. The van der Waals surface area contributed by atoms with Crippen molar-refractivity contribution in [2.75, 3.05) is 7.11 Å². The van der Waals surface area contributed by atoms with Crippen LogP contribution in [-0.2, 0) is 4.79 Å². The third kappa shape index (κ3) is 3.46. The topological polar surface area (TPSA) is 26.3 Å². The third-order valence-electron chi connectivity index (χ3n) is 3.54. The third-order valence-corrected chi connectivity index (χ3v) is 3.54. The van der Waals surface area contributed by atoms with Crippen molar-refractivity contribution in [1.82, 2.24) is 0 Å². The Kier molecular flexibility index (Phi) is 4.57. The quantitative estimate of drug-likeness (QED) is 0.752. The van der Waals surface area contributed by atoms with Crippen LogP contribution >= 0.6 is 0 Å². The van der Waals surface area contributed by atoms with Gasteiger partial charge in [-0.25, -0.2) is 0 Å². The van der Waals surface area contributed by atoms with Gasteiger partial charge in [-0.3, -0.25) is 4.79 Å². The van der Waals surface area contributed by atoms with Gasteiger partial charge >= 0.3 is 0 Å². The van der Waals surface area contributed by atoms with Gasteiger partial charge in [0.25, 0.3) is 0 Å². The van der Waals surface area contributed by atoms with E-state index in [1.807, 2.05) is 30.3 Å². The van der Waals surface area contributed by atoms with Gasteiger partial charge in [-0.2, -0.15) is 0 Å². The maximum Gasteiger partial charge on any atom is 0.158 e. The molecule has 2 heteroatoms. The van der Waals surface area contributed by atoms with Crippen LogP contribution < -0.4 is 4.74 Å². The number of ether oxygens (including phenoxy) is 1. The second kappa shape index (κ2) is 6.39. The molecule has 1 aliphatic carbocycles. The Morgan fingerprint density at radius 3 is 2.78 bits per heavy atom. The summed E-state index contributed by atoms with van der Waals surface area (Å²) in [5, 5.41) is 0. The first-order chi connectivity index (χ1) is 8.79. The van der Waals surface area contributed by atoms with Gasteiger partial charge in [-0.05, 0) is 36.6 Å². The monoisotopic (exact) mass is 244 g/mol. The number of rotatable bonds is 4. The van der Waals surface area contributed by atoms with E-state index in [1.165, 1.54) is 19.3 Å². The Labute approximate surface area is 109 Å². The number of ketones is 1. The van der Waals surface area contributed by atoms with E-state index in [4.69, 9.17) is 4.74 Å². The molecule has 0 unspecified atom stereocenters. The molecule has 2 rings (SSSR count). The summed E-state index contributed by atoms with van der Waals surface area (Å²) < 4.78 is 5.16. The molecule has 0 spiro atoms. The molecule has 0 amide bonds. The first-order valence-electron chi connectivity index (χ1n) is 6.65. The van der Waals surface area contributed by atoms with Gasteiger partial charge in [0.05, 0.1) is 7.11 Å². The van der Waals surface area contributed by atoms with Crippen molar-refractivity contribution < 1.29 is 9.53 Å². The van der Waals surface area contributed by atoms with Crippen molar-refractivity contribution in [1.29, 1.82) is 0 Å². The van der Waals surface area contributed by atoms with Crippen molar-refractivity contribution >= 4 is 11.9 Å². The van der Waals surface area contributed by atoms with Crippen LogP contribution in [0.4, 0.5) is 0 Å². The largest absolute Gasteiger partial charge is 0.497 e. The molecule has 1 saturated carbocycles. The number of hydrogen-bond donors (Lipinski definition) is 0. The fraction of sp³-hybridized carbons (Fsp3) is 0.438. The van der Waals surface area contributed by atoms with E-state index in [-0.39, 0.29) is 11.7 Å². The minimum absolute atomic E-state index is 0.251. The molecule has 0 heterocycles. The lowest BCUT2D eigenvalue weighted by molar-refractivity contribution is -0.119. The van der Waals surface area contributed by atoms with Crippen LogP contribution in [-0.4, -0.2) is 12.9 Å². The van der Waals surface area contributed by atoms with Crippen molar-refractivity contribution in [2.24, 2.45) is 5.92 Å². The van der Waals surface area contributed by atoms with Crippen LogP contribution in [0, 0.1) is 5.92 Å². The molecule has 0 aromatic heterocycles. The van der Waals surface area contributed by atoms with Gasteiger partial charge < -0.3 is 4.74 Å². The average molecular weight is 244 g/mol. The van der Waals surface area contributed by atoms with Crippen LogP contribution in [0.2, 0.25) is 0 Å². The van der Waals surface area contributed by atoms with Gasteiger partial charge in [-0.15, -0.1) is 0 Å². The summed E-state index contributed by atoms with van der Waals surface area (Å²) in [4.78, 5) is 12.0. The summed E-state index contributed by atoms with van der Waals surface area (Å²) in [6.45, 7) is 0. The first kappa shape index (κ1) is 12.9. The molecule has 96 valence electrons. The highest BCUT2D eigenvalue weighted by atomic mass is 16.5. The molecular weight excluding hydrogens is 224 g/mol. The maximum absolute atomic E-state index is 12.0. The van der Waals surface area contributed by atoms with E-state index in [0.717, 1.165) is 24.2 Å². The predicted molar refractivity (Wildman–Crippen MR) is 73.6 cm³/mol. The average Bonchev–Trinajstić information content (AvgIpc) is 2.46. The summed E-state index contributed by atoms with van der Waals surface area (Å²) in [7, 11) is 1.65. The number of carbonyl (C=O) groups excluding carboxylic acids is 1. The lowest BCUT2D eigenvalue weighted by atomic mass is 9.86. The number of hydrogen-bond acceptors (Lipinski definition) is 2. The van der Waals surface area contributed by atoms with Gasteiger partial charge in [0.1, 0.15) is 5.75 Å². The van der Waals surface area contributed by atoms with Crippen LogP contribution in [0.25, 0.3) is 6.08 Å². The predicted octanol–water partition coefficient (Wildman–Crippen LogP) is 3.86. The van der Waals surface area contributed by atoms with E-state index in [9.17, 15) is 4.79 Å². The summed E-state index contributed by atoms with van der Waals surface area (Å²) in [5.74, 6) is 1.35. The molecule has 0 N–H and O–H groups in total. The van der Waals surface area contributed by atoms with Crippen molar-refractivity contribution in [2.45, 2.75) is 32.1 Å². The smallest absolute Gasteiger partial charge is 0.158 e. The molecule has 0 aliphatic heterocycles. The summed E-state index contributed by atoms with van der Waals surface area (Å²) in [5.41, 5.74) is 1.01. The molecule has 18 heavy (non-hydrogen) atoms. The van der Waals surface area contributed by atoms with Crippen molar-refractivity contribution in [3.8, 4) is 5.75 Å². The molecule has 1 aromatic carbocycles. The molecule has 1 fully saturated rings. The minimum Gasteiger partial charge on any atom is -0.497 e. The molecular formula is C16H20O2. The van der Waals surface area contributed by atoms with Crippen LogP contribution in [0.1, 0.15) is 37.7 Å². The fourth-order valence-electron chi connectivity index (χ4n) is 2.45. The minimum atomic E-state index is 0.251. The van der Waals surface area contributed by atoms with Gasteiger partial charge in [0.15, 0.2) is 5.78 Å². The van der Waals surface area contributed by atoms with E-state index in [2.05, 4.69) is 0 Å². The highest BCUT2D eigenvalue weighted by Gasteiger charge is 2.18. The molecule has 1 aromatic rings. The molecule has 0 atom stereocenters. The molecule has 1 aliphatic rings. The van der Waals surface area contributed by atoms with Crippen molar-refractivity contribution in [3.63, 3.8) is 0 Å². The number of methoxy groups -OCH3 is 1. The first-order valence-corrected chi connectivity index (χ1v) is 6.65. The van der Waals surface area contributed by atoms with E-state index >= 15 is 0 Å². The lowest BCUT2D eigenvalue weighted by Crippen LogP contribution is -2.15. The van der Waals surface area contributed by atoms with E-state index < -0.39 is 0 Å². The Hall–Kier alpha value is -1.57. The number of allylic oxidation sites excluding steroid dienone is 1. The van der Waals surface area contributed by atoms with Crippen LogP contribution in [0.5, 0.6) is 5.75 Å². The van der Waals surface area contributed by atoms with Gasteiger partial charge in [-0.1, -0.05) is 37.5 Å². The van der Waals surface area contributed by atoms with Crippen LogP contribution in [0.15, 0.2) is 30.3 Å². The summed E-state index contributed by atoms with van der Waals surface area (Å²) >= 11 is 0. The summed E-state index contributed by atoms with van der Waals surface area (Å²) in [6.07, 6.45) is 9.41. The summed E-state index contributed by atoms with van der Waals surface area (Å²) in [6, 6.07) is 7.75. The molecule has 0 bridgehead atoms. The lowest BCUT2D eigenvalue weighted by Gasteiger charge is -2.18. The second-order valence-corrected chi connectivity index (χ2v) is 4.85. The molecule has 0 radical (unpaired) electrons. The highest BCUT2D eigenvalue weighted by Crippen LogP contribution is 2.25. The molecule has 0 saturated heterocycles. The second-order valence-electron chi connectivity index (χ2n) is 4.85. The Morgan fingerprint density at radius 1 is 1.28 bits per heavy atom. The highest BCUT2D eigenvalue weighted by molar-refractivity contribution is 5.95. The number of benzene rings is 1. The van der Waals surface area contributed by atoms with E-state index in [1.54, 1.807) is 13.2 Å². The standard InChI is InChI=1S/C16H20O2/c1-18-15-9-5-6-13(12-15)10-11-16(17)14-7-3-2-4-8-14/h5-6,9-12,14H,2-4,7-8H2,1H3.